The molecule has 0 aliphatic carbocycles. The van der Waals surface area contributed by atoms with Crippen molar-refractivity contribution in [3.8, 4) is 11.7 Å². The Morgan fingerprint density at radius 1 is 1.35 bits per heavy atom. The molecule has 0 aliphatic rings. The summed E-state index contributed by atoms with van der Waals surface area (Å²) in [6, 6.07) is 2.07. The molecule has 1 unspecified atom stereocenters. The molecule has 0 aromatic carbocycles. The normalized spacial score (nSPS) is 12.2. The minimum Gasteiger partial charge on any atom is -0.351 e. The molecule has 0 fully saturated rings. The Kier molecular flexibility index (Phi) is 4.65. The van der Waals surface area contributed by atoms with E-state index in [4.69, 9.17) is 9.05 Å². The fourth-order valence-corrected chi connectivity index (χ4v) is 1.28. The number of aromatic nitrogens is 3. The summed E-state index contributed by atoms with van der Waals surface area (Å²) in [5.74, 6) is 1.54. The molecule has 17 heavy (non-hydrogen) atoms. The number of rotatable bonds is 4. The first-order chi connectivity index (χ1) is 7.69. The van der Waals surface area contributed by atoms with E-state index in [-0.39, 0.29) is 12.4 Å². The van der Waals surface area contributed by atoms with Crippen LogP contribution in [0.3, 0.4) is 0 Å². The van der Waals surface area contributed by atoms with Crippen LogP contribution in [-0.4, -0.2) is 28.4 Å². The maximum absolute atomic E-state index is 5.09. The third-order valence-corrected chi connectivity index (χ3v) is 2.29. The molecule has 2 heterocycles. The summed E-state index contributed by atoms with van der Waals surface area (Å²) in [7, 11) is 1.89. The Bertz CT molecular complexity index is 468. The lowest BCUT2D eigenvalue weighted by Gasteiger charge is -2.04. The second kappa shape index (κ2) is 5.79. The van der Waals surface area contributed by atoms with E-state index in [2.05, 4.69) is 27.5 Å². The number of hydrogen-bond donors (Lipinski definition) is 1. The van der Waals surface area contributed by atoms with Crippen LogP contribution in [0.4, 0.5) is 0 Å². The molecule has 1 atom stereocenters. The summed E-state index contributed by atoms with van der Waals surface area (Å²) in [4.78, 5) is 4.23. The molecule has 7 heteroatoms. The molecule has 2 aromatic heterocycles. The largest absolute Gasteiger partial charge is 0.351 e. The molecule has 2 aromatic rings. The van der Waals surface area contributed by atoms with Crippen LogP contribution in [0.1, 0.15) is 18.4 Å². The molecular formula is C10H15ClN4O2. The van der Waals surface area contributed by atoms with Crippen LogP contribution >= 0.6 is 12.4 Å². The van der Waals surface area contributed by atoms with E-state index >= 15 is 0 Å². The number of aryl methyl sites for hydroxylation is 1. The van der Waals surface area contributed by atoms with Crippen molar-refractivity contribution in [1.82, 2.24) is 20.6 Å². The molecule has 0 saturated heterocycles. The Morgan fingerprint density at radius 3 is 2.71 bits per heavy atom. The van der Waals surface area contributed by atoms with E-state index in [1.54, 1.807) is 6.07 Å². The Morgan fingerprint density at radius 2 is 2.12 bits per heavy atom. The summed E-state index contributed by atoms with van der Waals surface area (Å²) in [6.45, 7) is 3.89. The van der Waals surface area contributed by atoms with Gasteiger partial charge in [-0.15, -0.1) is 12.4 Å². The summed E-state index contributed by atoms with van der Waals surface area (Å²) < 4.78 is 10.1. The minimum absolute atomic E-state index is 0. The Labute approximate surface area is 105 Å². The predicted molar refractivity (Wildman–Crippen MR) is 64.0 cm³/mol. The number of hydrogen-bond acceptors (Lipinski definition) is 6. The second-order valence-electron chi connectivity index (χ2n) is 3.74. The highest BCUT2D eigenvalue weighted by molar-refractivity contribution is 5.85. The number of nitrogens with zero attached hydrogens (tertiary/aromatic N) is 3. The van der Waals surface area contributed by atoms with Crippen LogP contribution < -0.4 is 5.32 Å². The van der Waals surface area contributed by atoms with Crippen molar-refractivity contribution in [2.24, 2.45) is 0 Å². The molecule has 6 nitrogen and oxygen atoms in total. The van der Waals surface area contributed by atoms with Gasteiger partial charge < -0.3 is 14.4 Å². The van der Waals surface area contributed by atoms with Crippen molar-refractivity contribution < 1.29 is 9.05 Å². The maximum Gasteiger partial charge on any atom is 0.296 e. The van der Waals surface area contributed by atoms with E-state index in [0.717, 1.165) is 5.69 Å². The van der Waals surface area contributed by atoms with E-state index in [1.807, 2.05) is 14.0 Å². The molecule has 0 radical (unpaired) electrons. The molecular weight excluding hydrogens is 244 g/mol. The summed E-state index contributed by atoms with van der Waals surface area (Å²) in [5.41, 5.74) is 0.790. The van der Waals surface area contributed by atoms with Gasteiger partial charge >= 0.3 is 0 Å². The van der Waals surface area contributed by atoms with Gasteiger partial charge in [0.15, 0.2) is 5.82 Å². The molecule has 2 rings (SSSR count). The highest BCUT2D eigenvalue weighted by Crippen LogP contribution is 2.17. The van der Waals surface area contributed by atoms with Gasteiger partial charge in [-0.2, -0.15) is 4.98 Å². The summed E-state index contributed by atoms with van der Waals surface area (Å²) in [6.07, 6.45) is 0.715. The first-order valence-electron chi connectivity index (χ1n) is 5.12. The Hall–Kier alpha value is -1.40. The van der Waals surface area contributed by atoms with E-state index in [9.17, 15) is 0 Å². The zero-order chi connectivity index (χ0) is 11.5. The monoisotopic (exact) mass is 258 g/mol. The standard InChI is InChI=1S/C10H14N4O2.ClH/c1-6(11-3)5-9-12-10(16-14-9)8-4-7(2)13-15-8;/h4,6,11H,5H2,1-3H3;1H. The van der Waals surface area contributed by atoms with Crippen LogP contribution in [0.15, 0.2) is 15.1 Å². The van der Waals surface area contributed by atoms with Crippen molar-refractivity contribution in [3.63, 3.8) is 0 Å². The van der Waals surface area contributed by atoms with Crippen molar-refractivity contribution in [2.75, 3.05) is 7.05 Å². The Balaban J connectivity index is 0.00000144. The average Bonchev–Trinajstić information content (AvgIpc) is 2.87. The first kappa shape index (κ1) is 13.7. The fourth-order valence-electron chi connectivity index (χ4n) is 1.28. The van der Waals surface area contributed by atoms with Gasteiger partial charge in [-0.1, -0.05) is 10.3 Å². The van der Waals surface area contributed by atoms with E-state index < -0.39 is 0 Å². The lowest BCUT2D eigenvalue weighted by Crippen LogP contribution is -2.24. The van der Waals surface area contributed by atoms with Crippen LogP contribution in [-0.2, 0) is 6.42 Å². The van der Waals surface area contributed by atoms with Crippen LogP contribution in [0.2, 0.25) is 0 Å². The smallest absolute Gasteiger partial charge is 0.296 e. The van der Waals surface area contributed by atoms with Gasteiger partial charge in [-0.3, -0.25) is 0 Å². The lowest BCUT2D eigenvalue weighted by molar-refractivity contribution is 0.379. The average molecular weight is 259 g/mol. The van der Waals surface area contributed by atoms with Gasteiger partial charge in [0.25, 0.3) is 5.89 Å². The topological polar surface area (TPSA) is 77.0 Å². The molecule has 0 saturated carbocycles. The zero-order valence-corrected chi connectivity index (χ0v) is 10.7. The van der Waals surface area contributed by atoms with Crippen molar-refractivity contribution >= 4 is 12.4 Å². The molecule has 94 valence electrons. The highest BCUT2D eigenvalue weighted by atomic mass is 35.5. The van der Waals surface area contributed by atoms with Gasteiger partial charge in [0.1, 0.15) is 0 Å². The van der Waals surface area contributed by atoms with Gasteiger partial charge in [0.05, 0.1) is 5.69 Å². The number of halogens is 1. The second-order valence-corrected chi connectivity index (χ2v) is 3.74. The minimum atomic E-state index is 0. The van der Waals surface area contributed by atoms with Crippen LogP contribution in [0.25, 0.3) is 11.7 Å². The van der Waals surface area contributed by atoms with Crippen molar-refractivity contribution in [2.45, 2.75) is 26.3 Å². The number of nitrogens with one attached hydrogen (secondary N) is 1. The van der Waals surface area contributed by atoms with Gasteiger partial charge in [-0.05, 0) is 20.9 Å². The molecule has 0 aliphatic heterocycles. The fraction of sp³-hybridized carbons (Fsp3) is 0.500. The quantitative estimate of drug-likeness (QED) is 0.898. The first-order valence-corrected chi connectivity index (χ1v) is 5.12. The SMILES string of the molecule is CNC(C)Cc1noc(-c2cc(C)no2)n1.Cl. The predicted octanol–water partition coefficient (Wildman–Crippen LogP) is 1.61. The molecule has 0 spiro atoms. The van der Waals surface area contributed by atoms with Gasteiger partial charge in [0.2, 0.25) is 5.76 Å². The van der Waals surface area contributed by atoms with E-state index in [1.165, 1.54) is 0 Å². The van der Waals surface area contributed by atoms with Crippen molar-refractivity contribution in [1.29, 1.82) is 0 Å². The third-order valence-electron chi connectivity index (χ3n) is 2.29. The van der Waals surface area contributed by atoms with Crippen LogP contribution in [0, 0.1) is 6.92 Å². The summed E-state index contributed by atoms with van der Waals surface area (Å²) in [5, 5.41) is 10.7. The zero-order valence-electron chi connectivity index (χ0n) is 9.93. The van der Waals surface area contributed by atoms with Gasteiger partial charge in [0, 0.05) is 18.5 Å². The van der Waals surface area contributed by atoms with E-state index in [0.29, 0.717) is 29.9 Å². The molecule has 1 N–H and O–H groups in total. The lowest BCUT2D eigenvalue weighted by atomic mass is 10.2. The van der Waals surface area contributed by atoms with Gasteiger partial charge in [-0.25, -0.2) is 0 Å². The molecule has 0 amide bonds. The third kappa shape index (κ3) is 3.28. The van der Waals surface area contributed by atoms with Crippen molar-refractivity contribution in [3.05, 3.63) is 17.6 Å². The highest BCUT2D eigenvalue weighted by Gasteiger charge is 2.14. The summed E-state index contributed by atoms with van der Waals surface area (Å²) >= 11 is 0. The van der Waals surface area contributed by atoms with Crippen LogP contribution in [0.5, 0.6) is 0 Å². The molecule has 0 bridgehead atoms. The maximum atomic E-state index is 5.09. The number of likely N-dealkylation sites (N-methyl/N-ethyl adjacent to an activating group) is 1.